The van der Waals surface area contributed by atoms with Gasteiger partial charge in [0.2, 0.25) is 10.0 Å². The van der Waals surface area contributed by atoms with Crippen LogP contribution in [-0.4, -0.2) is 35.8 Å². The Balaban J connectivity index is 2.07. The fourth-order valence-corrected chi connectivity index (χ4v) is 4.28. The van der Waals surface area contributed by atoms with E-state index in [1.807, 2.05) is 6.07 Å². The standard InChI is InChI=1S/C12H15N3O4S2/c1-8-7-10(20-11(8)12(16)17)21(18,19)14-6-4-9-3-5-13-15(9)2/h3,5,7,14H,4,6H2,1-2H3,(H,16,17). The molecule has 0 spiro atoms. The number of carbonyl (C=O) groups is 1. The molecule has 0 aliphatic rings. The van der Waals surface area contributed by atoms with E-state index in [0.29, 0.717) is 12.0 Å². The molecule has 0 saturated carbocycles. The number of rotatable bonds is 6. The number of nitrogens with zero attached hydrogens (tertiary/aromatic N) is 2. The van der Waals surface area contributed by atoms with Crippen LogP contribution in [0, 0.1) is 6.92 Å². The van der Waals surface area contributed by atoms with Gasteiger partial charge < -0.3 is 5.11 Å². The molecule has 114 valence electrons. The first kappa shape index (κ1) is 15.7. The third-order valence-corrected chi connectivity index (χ3v) is 6.11. The Morgan fingerprint density at radius 1 is 1.52 bits per heavy atom. The van der Waals surface area contributed by atoms with E-state index < -0.39 is 16.0 Å². The molecule has 0 aliphatic heterocycles. The van der Waals surface area contributed by atoms with Crippen LogP contribution in [0.15, 0.2) is 22.5 Å². The second-order valence-electron chi connectivity index (χ2n) is 4.48. The van der Waals surface area contributed by atoms with E-state index in [1.54, 1.807) is 24.9 Å². The number of aromatic nitrogens is 2. The molecule has 0 saturated heterocycles. The lowest BCUT2D eigenvalue weighted by atomic mass is 10.3. The highest BCUT2D eigenvalue weighted by Gasteiger charge is 2.21. The van der Waals surface area contributed by atoms with Crippen molar-refractivity contribution in [2.24, 2.45) is 7.05 Å². The Bertz CT molecular complexity index is 761. The molecule has 0 aromatic carbocycles. The van der Waals surface area contributed by atoms with Gasteiger partial charge in [-0.3, -0.25) is 4.68 Å². The van der Waals surface area contributed by atoms with Crippen LogP contribution in [0.1, 0.15) is 20.9 Å². The Hall–Kier alpha value is -1.71. The second-order valence-corrected chi connectivity index (χ2v) is 7.52. The fourth-order valence-electron chi connectivity index (χ4n) is 1.83. The quantitative estimate of drug-likeness (QED) is 0.823. The topological polar surface area (TPSA) is 101 Å². The van der Waals surface area contributed by atoms with Gasteiger partial charge in [0.05, 0.1) is 0 Å². The molecule has 0 amide bonds. The minimum Gasteiger partial charge on any atom is -0.477 e. The largest absolute Gasteiger partial charge is 0.477 e. The summed E-state index contributed by atoms with van der Waals surface area (Å²) in [7, 11) is -1.90. The fraction of sp³-hybridized carbons (Fsp3) is 0.333. The monoisotopic (exact) mass is 329 g/mol. The van der Waals surface area contributed by atoms with Gasteiger partial charge in [-0.2, -0.15) is 5.10 Å². The maximum absolute atomic E-state index is 12.1. The highest BCUT2D eigenvalue weighted by molar-refractivity contribution is 7.91. The van der Waals surface area contributed by atoms with E-state index in [2.05, 4.69) is 9.82 Å². The molecule has 2 rings (SSSR count). The molecule has 2 aromatic rings. The number of carboxylic acid groups (broad SMARTS) is 1. The van der Waals surface area contributed by atoms with Crippen LogP contribution in [0.25, 0.3) is 0 Å². The van der Waals surface area contributed by atoms with Gasteiger partial charge in [0.15, 0.2) is 0 Å². The van der Waals surface area contributed by atoms with Crippen molar-refractivity contribution >= 4 is 27.3 Å². The average Bonchev–Trinajstić information content (AvgIpc) is 2.96. The third kappa shape index (κ3) is 3.49. The van der Waals surface area contributed by atoms with Gasteiger partial charge in [-0.25, -0.2) is 17.9 Å². The lowest BCUT2D eigenvalue weighted by Crippen LogP contribution is -2.25. The SMILES string of the molecule is Cc1cc(S(=O)(=O)NCCc2ccnn2C)sc1C(=O)O. The van der Waals surface area contributed by atoms with Crippen molar-refractivity contribution in [1.29, 1.82) is 0 Å². The maximum Gasteiger partial charge on any atom is 0.346 e. The van der Waals surface area contributed by atoms with Crippen LogP contribution in [0.4, 0.5) is 0 Å². The zero-order valence-corrected chi connectivity index (χ0v) is 13.2. The van der Waals surface area contributed by atoms with Crippen molar-refractivity contribution in [1.82, 2.24) is 14.5 Å². The first-order valence-corrected chi connectivity index (χ1v) is 8.41. The molecular weight excluding hydrogens is 314 g/mol. The van der Waals surface area contributed by atoms with Gasteiger partial charge in [-0.1, -0.05) is 0 Å². The summed E-state index contributed by atoms with van der Waals surface area (Å²) in [6.45, 7) is 1.80. The summed E-state index contributed by atoms with van der Waals surface area (Å²) in [4.78, 5) is 11.0. The molecule has 2 N–H and O–H groups in total. The number of thiophene rings is 1. The van der Waals surface area contributed by atoms with Crippen molar-refractivity contribution in [3.63, 3.8) is 0 Å². The molecule has 7 nitrogen and oxygen atoms in total. The molecule has 9 heteroatoms. The number of carboxylic acids is 1. The van der Waals surface area contributed by atoms with Crippen molar-refractivity contribution < 1.29 is 18.3 Å². The first-order valence-electron chi connectivity index (χ1n) is 6.11. The third-order valence-electron chi connectivity index (χ3n) is 2.95. The number of hydrogen-bond donors (Lipinski definition) is 2. The summed E-state index contributed by atoms with van der Waals surface area (Å²) in [5.41, 5.74) is 1.35. The predicted octanol–water partition coefficient (Wildman–Crippen LogP) is 1.01. The Kier molecular flexibility index (Phi) is 4.45. The number of aryl methyl sites for hydroxylation is 2. The average molecular weight is 329 g/mol. The molecule has 2 heterocycles. The molecule has 0 atom stereocenters. The van der Waals surface area contributed by atoms with E-state index in [9.17, 15) is 13.2 Å². The van der Waals surface area contributed by atoms with Crippen molar-refractivity contribution in [2.75, 3.05) is 6.54 Å². The smallest absolute Gasteiger partial charge is 0.346 e. The van der Waals surface area contributed by atoms with E-state index >= 15 is 0 Å². The molecule has 0 aliphatic carbocycles. The minimum absolute atomic E-state index is 0.0161. The van der Waals surface area contributed by atoms with Crippen LogP contribution < -0.4 is 4.72 Å². The summed E-state index contributed by atoms with van der Waals surface area (Å²) in [5.74, 6) is -1.12. The zero-order valence-electron chi connectivity index (χ0n) is 11.5. The van der Waals surface area contributed by atoms with Crippen molar-refractivity contribution in [2.45, 2.75) is 17.6 Å². The van der Waals surface area contributed by atoms with Gasteiger partial charge in [-0.15, -0.1) is 11.3 Å². The summed E-state index contributed by atoms with van der Waals surface area (Å²) in [5, 5.41) is 13.0. The Morgan fingerprint density at radius 2 is 2.24 bits per heavy atom. The van der Waals surface area contributed by atoms with Crippen LogP contribution in [0.2, 0.25) is 0 Å². The molecule has 21 heavy (non-hydrogen) atoms. The van der Waals surface area contributed by atoms with Gasteiger partial charge in [0.1, 0.15) is 9.09 Å². The lowest BCUT2D eigenvalue weighted by molar-refractivity contribution is 0.0701. The predicted molar refractivity (Wildman–Crippen MR) is 78.1 cm³/mol. The van der Waals surface area contributed by atoms with Gasteiger partial charge >= 0.3 is 5.97 Å². The molecule has 2 aromatic heterocycles. The van der Waals surface area contributed by atoms with Crippen LogP contribution in [-0.2, 0) is 23.5 Å². The Morgan fingerprint density at radius 3 is 2.76 bits per heavy atom. The summed E-state index contributed by atoms with van der Waals surface area (Å²) >= 11 is 0.758. The van der Waals surface area contributed by atoms with Gasteiger partial charge in [0, 0.05) is 31.9 Å². The normalized spacial score (nSPS) is 11.7. The van der Waals surface area contributed by atoms with E-state index in [4.69, 9.17) is 5.11 Å². The summed E-state index contributed by atoms with van der Waals surface area (Å²) in [6, 6.07) is 3.19. The highest BCUT2D eigenvalue weighted by atomic mass is 32.2. The van der Waals surface area contributed by atoms with E-state index in [-0.39, 0.29) is 15.6 Å². The second kappa shape index (κ2) is 5.96. The van der Waals surface area contributed by atoms with E-state index in [0.717, 1.165) is 17.0 Å². The molecule has 0 fully saturated rings. The minimum atomic E-state index is -3.69. The first-order chi connectivity index (χ1) is 9.81. The molecule has 0 radical (unpaired) electrons. The number of nitrogens with one attached hydrogen (secondary N) is 1. The van der Waals surface area contributed by atoms with Gasteiger partial charge in [0.25, 0.3) is 0 Å². The Labute approximate surface area is 126 Å². The number of sulfonamides is 1. The zero-order chi connectivity index (χ0) is 15.6. The number of hydrogen-bond acceptors (Lipinski definition) is 5. The van der Waals surface area contributed by atoms with Crippen molar-refractivity contribution in [3.05, 3.63) is 34.5 Å². The molecule has 0 bridgehead atoms. The van der Waals surface area contributed by atoms with E-state index in [1.165, 1.54) is 6.07 Å². The maximum atomic E-state index is 12.1. The highest BCUT2D eigenvalue weighted by Crippen LogP contribution is 2.25. The molecule has 0 unspecified atom stereocenters. The lowest BCUT2D eigenvalue weighted by Gasteiger charge is -2.05. The number of aromatic carboxylic acids is 1. The van der Waals surface area contributed by atoms with Crippen LogP contribution in [0.3, 0.4) is 0 Å². The van der Waals surface area contributed by atoms with Gasteiger partial charge in [-0.05, 0) is 24.6 Å². The molecular formula is C12H15N3O4S2. The summed E-state index contributed by atoms with van der Waals surface area (Å²) < 4.78 is 28.4. The van der Waals surface area contributed by atoms with Crippen molar-refractivity contribution in [3.8, 4) is 0 Å². The van der Waals surface area contributed by atoms with Crippen LogP contribution >= 0.6 is 11.3 Å². The summed E-state index contributed by atoms with van der Waals surface area (Å²) in [6.07, 6.45) is 2.15. The van der Waals surface area contributed by atoms with Crippen LogP contribution in [0.5, 0.6) is 0 Å².